The fraction of sp³-hybridized carbons (Fsp3) is 0.583. The second kappa shape index (κ2) is 15.8. The van der Waals surface area contributed by atoms with Crippen LogP contribution in [-0.2, 0) is 14.4 Å². The number of likely N-dealkylation sites (N-methyl/N-ethyl adjacent to an activating group) is 1. The molecule has 10 nitrogen and oxygen atoms in total. The van der Waals surface area contributed by atoms with Crippen LogP contribution in [0, 0.1) is 0 Å². The lowest BCUT2D eigenvalue weighted by Gasteiger charge is -2.30. The number of carbonyl (C=O) groups is 4. The van der Waals surface area contributed by atoms with Gasteiger partial charge in [-0.2, -0.15) is 13.2 Å². The number of carboxylic acids is 1. The van der Waals surface area contributed by atoms with E-state index in [-0.39, 0.29) is 17.7 Å². The third-order valence-corrected chi connectivity index (χ3v) is 5.63. The Kier molecular flexibility index (Phi) is 13.6. The largest absolute Gasteiger partial charge is 0.490 e. The van der Waals surface area contributed by atoms with E-state index in [1.165, 1.54) is 6.92 Å². The first-order chi connectivity index (χ1) is 17.4. The Labute approximate surface area is 214 Å². The molecule has 0 atom stereocenters. The molecule has 0 spiro atoms. The quantitative estimate of drug-likeness (QED) is 0.422. The SMILES string of the molecule is CCN(CC)CCN(CCC(=O)N1CCNCC1)C(=O)c1ccc(NC(C)=O)cc1.O=C(O)C(F)(F)F. The first kappa shape index (κ1) is 31.8. The molecule has 0 aliphatic carbocycles. The number of hydrogen-bond acceptors (Lipinski definition) is 6. The number of nitrogens with one attached hydrogen (secondary N) is 2. The highest BCUT2D eigenvalue weighted by molar-refractivity contribution is 5.95. The Bertz CT molecular complexity index is 886. The van der Waals surface area contributed by atoms with Gasteiger partial charge in [0.2, 0.25) is 11.8 Å². The predicted molar refractivity (Wildman–Crippen MR) is 132 cm³/mol. The van der Waals surface area contributed by atoms with Crippen LogP contribution in [0.1, 0.15) is 37.6 Å². The second-order valence-corrected chi connectivity index (χ2v) is 8.26. The molecular formula is C24H36F3N5O5. The summed E-state index contributed by atoms with van der Waals surface area (Å²) in [5.41, 5.74) is 1.21. The van der Waals surface area contributed by atoms with Gasteiger partial charge in [-0.05, 0) is 37.4 Å². The second-order valence-electron chi connectivity index (χ2n) is 8.26. The van der Waals surface area contributed by atoms with E-state index in [0.29, 0.717) is 30.8 Å². The number of hydrogen-bond donors (Lipinski definition) is 3. The van der Waals surface area contributed by atoms with Crippen molar-refractivity contribution in [2.24, 2.45) is 0 Å². The molecule has 1 saturated heterocycles. The molecule has 1 aliphatic heterocycles. The normalized spacial score (nSPS) is 13.4. The minimum absolute atomic E-state index is 0.0929. The van der Waals surface area contributed by atoms with Crippen LogP contribution in [0.5, 0.6) is 0 Å². The van der Waals surface area contributed by atoms with Gasteiger partial charge in [-0.3, -0.25) is 14.4 Å². The smallest absolute Gasteiger partial charge is 0.475 e. The Balaban J connectivity index is 0.000000856. The van der Waals surface area contributed by atoms with Crippen LogP contribution in [0.3, 0.4) is 0 Å². The maximum Gasteiger partial charge on any atom is 0.490 e. The summed E-state index contributed by atoms with van der Waals surface area (Å²) in [6.45, 7) is 12.3. The Morgan fingerprint density at radius 1 is 1.00 bits per heavy atom. The minimum atomic E-state index is -5.08. The number of piperazine rings is 1. The van der Waals surface area contributed by atoms with E-state index in [0.717, 1.165) is 45.8 Å². The maximum absolute atomic E-state index is 13.1. The van der Waals surface area contributed by atoms with Crippen molar-refractivity contribution in [2.45, 2.75) is 33.4 Å². The Morgan fingerprint density at radius 3 is 2.00 bits per heavy atom. The summed E-state index contributed by atoms with van der Waals surface area (Å²) in [7, 11) is 0. The summed E-state index contributed by atoms with van der Waals surface area (Å²) >= 11 is 0. The van der Waals surface area contributed by atoms with Crippen LogP contribution in [0.4, 0.5) is 18.9 Å². The summed E-state index contributed by atoms with van der Waals surface area (Å²) in [5, 5.41) is 13.1. The van der Waals surface area contributed by atoms with Crippen molar-refractivity contribution in [3.8, 4) is 0 Å². The third kappa shape index (κ3) is 12.1. The number of benzene rings is 1. The Morgan fingerprint density at radius 2 is 1.54 bits per heavy atom. The van der Waals surface area contributed by atoms with Crippen molar-refractivity contribution >= 4 is 29.4 Å². The molecule has 0 saturated carbocycles. The molecule has 208 valence electrons. The lowest BCUT2D eigenvalue weighted by atomic mass is 10.1. The topological polar surface area (TPSA) is 122 Å². The van der Waals surface area contributed by atoms with Gasteiger partial charge >= 0.3 is 12.1 Å². The van der Waals surface area contributed by atoms with Crippen molar-refractivity contribution in [3.05, 3.63) is 29.8 Å². The van der Waals surface area contributed by atoms with E-state index in [4.69, 9.17) is 9.90 Å². The summed E-state index contributed by atoms with van der Waals surface area (Å²) in [5.74, 6) is -2.91. The number of aliphatic carboxylic acids is 1. The van der Waals surface area contributed by atoms with Gasteiger partial charge in [-0.25, -0.2) is 4.79 Å². The van der Waals surface area contributed by atoms with Crippen molar-refractivity contribution < 1.29 is 37.5 Å². The highest BCUT2D eigenvalue weighted by atomic mass is 19.4. The van der Waals surface area contributed by atoms with Crippen molar-refractivity contribution in [3.63, 3.8) is 0 Å². The summed E-state index contributed by atoms with van der Waals surface area (Å²) in [6.07, 6.45) is -4.76. The number of rotatable bonds is 10. The maximum atomic E-state index is 13.1. The van der Waals surface area contributed by atoms with Crippen LogP contribution in [-0.4, -0.2) is 109 Å². The number of alkyl halides is 3. The first-order valence-corrected chi connectivity index (χ1v) is 12.1. The number of nitrogens with zero attached hydrogens (tertiary/aromatic N) is 3. The molecule has 1 heterocycles. The van der Waals surface area contributed by atoms with E-state index in [1.807, 2.05) is 4.90 Å². The van der Waals surface area contributed by atoms with Crippen LogP contribution >= 0.6 is 0 Å². The van der Waals surface area contributed by atoms with Gasteiger partial charge in [0.1, 0.15) is 0 Å². The summed E-state index contributed by atoms with van der Waals surface area (Å²) in [4.78, 5) is 51.7. The van der Waals surface area contributed by atoms with Crippen molar-refractivity contribution in [2.75, 3.05) is 64.2 Å². The third-order valence-electron chi connectivity index (χ3n) is 5.63. The molecule has 1 aromatic rings. The van der Waals surface area contributed by atoms with Crippen LogP contribution in [0.15, 0.2) is 24.3 Å². The van der Waals surface area contributed by atoms with E-state index < -0.39 is 12.1 Å². The molecular weight excluding hydrogens is 495 g/mol. The predicted octanol–water partition coefficient (Wildman–Crippen LogP) is 1.88. The lowest BCUT2D eigenvalue weighted by molar-refractivity contribution is -0.192. The number of carbonyl (C=O) groups excluding carboxylic acids is 3. The number of amides is 3. The van der Waals surface area contributed by atoms with Crippen LogP contribution in [0.25, 0.3) is 0 Å². The van der Waals surface area contributed by atoms with Crippen molar-refractivity contribution in [1.29, 1.82) is 0 Å². The van der Waals surface area contributed by atoms with E-state index in [2.05, 4.69) is 29.4 Å². The molecule has 1 aromatic carbocycles. The number of carboxylic acid groups (broad SMARTS) is 1. The standard InChI is InChI=1S/C22H35N5O3.C2HF3O2/c1-4-25(5-2)16-17-27(13-10-21(29)26-14-11-23-12-15-26)22(30)19-6-8-20(9-7-19)24-18(3)28;3-2(4,5)1(6)7/h6-9,23H,4-5,10-17H2,1-3H3,(H,24,28);(H,6,7). The van der Waals surface area contributed by atoms with Gasteiger partial charge < -0.3 is 30.4 Å². The van der Waals surface area contributed by atoms with Crippen LogP contribution < -0.4 is 10.6 Å². The molecule has 1 fully saturated rings. The molecule has 0 unspecified atom stereocenters. The molecule has 2 rings (SSSR count). The van der Waals surface area contributed by atoms with Gasteiger partial charge in [-0.1, -0.05) is 13.8 Å². The lowest BCUT2D eigenvalue weighted by Crippen LogP contribution is -2.47. The molecule has 0 bridgehead atoms. The van der Waals surface area contributed by atoms with Gasteiger partial charge in [0.05, 0.1) is 0 Å². The number of anilines is 1. The summed E-state index contributed by atoms with van der Waals surface area (Å²) < 4.78 is 31.7. The highest BCUT2D eigenvalue weighted by Crippen LogP contribution is 2.14. The Hall–Kier alpha value is -3.19. The average Bonchev–Trinajstić information content (AvgIpc) is 2.86. The monoisotopic (exact) mass is 531 g/mol. The van der Waals surface area contributed by atoms with Crippen molar-refractivity contribution in [1.82, 2.24) is 20.0 Å². The molecule has 0 radical (unpaired) electrons. The molecule has 3 N–H and O–H groups in total. The highest BCUT2D eigenvalue weighted by Gasteiger charge is 2.38. The van der Waals surface area contributed by atoms with Gasteiger partial charge in [0.25, 0.3) is 5.91 Å². The zero-order valence-corrected chi connectivity index (χ0v) is 21.4. The van der Waals surface area contributed by atoms with Gasteiger partial charge in [0.15, 0.2) is 0 Å². The molecule has 37 heavy (non-hydrogen) atoms. The fourth-order valence-corrected chi connectivity index (χ4v) is 3.50. The average molecular weight is 532 g/mol. The van der Waals surface area contributed by atoms with E-state index >= 15 is 0 Å². The number of halogens is 3. The van der Waals surface area contributed by atoms with E-state index in [1.54, 1.807) is 29.2 Å². The fourth-order valence-electron chi connectivity index (χ4n) is 3.50. The van der Waals surface area contributed by atoms with Crippen LogP contribution in [0.2, 0.25) is 0 Å². The summed E-state index contributed by atoms with van der Waals surface area (Å²) in [6, 6.07) is 6.89. The first-order valence-electron chi connectivity index (χ1n) is 12.1. The zero-order valence-electron chi connectivity index (χ0n) is 21.4. The molecule has 0 aromatic heterocycles. The molecule has 1 aliphatic rings. The van der Waals surface area contributed by atoms with E-state index in [9.17, 15) is 27.6 Å². The molecule has 3 amide bonds. The van der Waals surface area contributed by atoms with Gasteiger partial charge in [0, 0.05) is 70.4 Å². The van der Waals surface area contributed by atoms with Gasteiger partial charge in [-0.15, -0.1) is 0 Å². The minimum Gasteiger partial charge on any atom is -0.475 e. The molecule has 13 heteroatoms. The zero-order chi connectivity index (χ0) is 28.0.